The topological polar surface area (TPSA) is 120 Å². The smallest absolute Gasteiger partial charge is 0.223 e. The summed E-state index contributed by atoms with van der Waals surface area (Å²) in [5.41, 5.74) is -0.0489. The van der Waals surface area contributed by atoms with E-state index in [0.29, 0.717) is 43.2 Å². The number of aliphatic hydroxyl groups is 1. The van der Waals surface area contributed by atoms with Crippen molar-refractivity contribution in [3.05, 3.63) is 18.5 Å². The molecule has 1 saturated carbocycles. The Morgan fingerprint density at radius 2 is 1.97 bits per heavy atom. The number of fused-ring (bicyclic) bond motifs is 1. The first-order chi connectivity index (χ1) is 13.7. The molecule has 0 aromatic carbocycles. The predicted molar refractivity (Wildman–Crippen MR) is 112 cm³/mol. The fourth-order valence-corrected chi connectivity index (χ4v) is 5.06. The lowest BCUT2D eigenvalue weighted by molar-refractivity contribution is 0.0578. The number of anilines is 2. The molecule has 9 nitrogen and oxygen atoms in total. The van der Waals surface area contributed by atoms with Crippen LogP contribution in [-0.2, 0) is 10.0 Å². The summed E-state index contributed by atoms with van der Waals surface area (Å²) >= 11 is 0. The summed E-state index contributed by atoms with van der Waals surface area (Å²) < 4.78 is 24.9. The second kappa shape index (κ2) is 7.66. The van der Waals surface area contributed by atoms with Gasteiger partial charge in [0.05, 0.1) is 17.9 Å². The number of rotatable bonds is 5. The molecule has 1 saturated heterocycles. The molecule has 4 rings (SSSR count). The van der Waals surface area contributed by atoms with E-state index in [0.717, 1.165) is 24.6 Å². The Labute approximate surface area is 171 Å². The maximum Gasteiger partial charge on any atom is 0.223 e. The van der Waals surface area contributed by atoms with Crippen molar-refractivity contribution < 1.29 is 13.5 Å². The summed E-state index contributed by atoms with van der Waals surface area (Å²) in [6.07, 6.45) is 8.76. The van der Waals surface area contributed by atoms with E-state index in [-0.39, 0.29) is 12.1 Å². The first-order valence-corrected chi connectivity index (χ1v) is 11.9. The number of aromatic nitrogens is 3. The lowest BCUT2D eigenvalue weighted by Crippen LogP contribution is -2.42. The number of nitrogens with one attached hydrogen (secondary N) is 2. The second-order valence-electron chi connectivity index (χ2n) is 8.32. The van der Waals surface area contributed by atoms with Gasteiger partial charge in [-0.15, -0.1) is 0 Å². The minimum atomic E-state index is -3.14. The van der Waals surface area contributed by atoms with Gasteiger partial charge in [-0.05, 0) is 45.1 Å². The van der Waals surface area contributed by atoms with Crippen molar-refractivity contribution >= 4 is 32.7 Å². The number of hydrogen-bond donors (Lipinski definition) is 3. The average Bonchev–Trinajstić information content (AvgIpc) is 3.00. The van der Waals surface area contributed by atoms with Gasteiger partial charge in [0.15, 0.2) is 5.82 Å². The first-order valence-electron chi connectivity index (χ1n) is 10.0. The third kappa shape index (κ3) is 4.44. The van der Waals surface area contributed by atoms with Crippen molar-refractivity contribution in [3.8, 4) is 0 Å². The highest BCUT2D eigenvalue weighted by molar-refractivity contribution is 7.88. The molecule has 2 aromatic rings. The predicted octanol–water partition coefficient (Wildman–Crippen LogP) is 1.58. The number of nitrogens with zero attached hydrogens (tertiary/aromatic N) is 4. The quantitative estimate of drug-likeness (QED) is 0.667. The molecule has 3 heterocycles. The molecule has 29 heavy (non-hydrogen) atoms. The van der Waals surface area contributed by atoms with Crippen LogP contribution in [-0.4, -0.2) is 69.8 Å². The molecule has 0 spiro atoms. The minimum absolute atomic E-state index is 0.0627. The summed E-state index contributed by atoms with van der Waals surface area (Å²) in [5, 5.41) is 18.1. The summed E-state index contributed by atoms with van der Waals surface area (Å²) in [5.74, 6) is 1.15. The van der Waals surface area contributed by atoms with Crippen molar-refractivity contribution in [1.29, 1.82) is 0 Å². The van der Waals surface area contributed by atoms with Crippen LogP contribution in [0.15, 0.2) is 18.5 Å². The van der Waals surface area contributed by atoms with Crippen LogP contribution in [0.25, 0.3) is 10.9 Å². The fraction of sp³-hybridized carbons (Fsp3) is 0.632. The molecule has 2 aromatic heterocycles. The molecule has 0 bridgehead atoms. The van der Waals surface area contributed by atoms with E-state index in [2.05, 4.69) is 25.6 Å². The van der Waals surface area contributed by atoms with Crippen molar-refractivity contribution in [2.24, 2.45) is 0 Å². The van der Waals surface area contributed by atoms with Crippen molar-refractivity contribution in [2.45, 2.75) is 56.7 Å². The molecule has 1 aliphatic heterocycles. The molecule has 3 N–H and O–H groups in total. The van der Waals surface area contributed by atoms with E-state index >= 15 is 0 Å². The number of hydrogen-bond acceptors (Lipinski definition) is 8. The number of pyridine rings is 1. The van der Waals surface area contributed by atoms with Gasteiger partial charge in [-0.1, -0.05) is 0 Å². The van der Waals surface area contributed by atoms with Gasteiger partial charge in [-0.2, -0.15) is 0 Å². The largest absolute Gasteiger partial charge is 0.388 e. The molecule has 2 aliphatic rings. The Morgan fingerprint density at radius 1 is 1.21 bits per heavy atom. The van der Waals surface area contributed by atoms with Crippen molar-refractivity contribution in [1.82, 2.24) is 19.3 Å². The monoisotopic (exact) mass is 420 g/mol. The maximum absolute atomic E-state index is 11.7. The Balaban J connectivity index is 1.50. The highest BCUT2D eigenvalue weighted by atomic mass is 32.2. The van der Waals surface area contributed by atoms with Gasteiger partial charge < -0.3 is 15.7 Å². The Morgan fingerprint density at radius 3 is 2.62 bits per heavy atom. The second-order valence-corrected chi connectivity index (χ2v) is 10.3. The Kier molecular flexibility index (Phi) is 5.34. The molecule has 0 amide bonds. The van der Waals surface area contributed by atoms with E-state index < -0.39 is 15.6 Å². The fourth-order valence-electron chi connectivity index (χ4n) is 4.19. The molecule has 2 atom stereocenters. The number of sulfonamides is 1. The first kappa shape index (κ1) is 20.2. The molecule has 1 aliphatic carbocycles. The zero-order chi connectivity index (χ0) is 20.6. The van der Waals surface area contributed by atoms with E-state index in [1.165, 1.54) is 10.6 Å². The lowest BCUT2D eigenvalue weighted by Gasteiger charge is -2.30. The minimum Gasteiger partial charge on any atom is -0.388 e. The van der Waals surface area contributed by atoms with Crippen LogP contribution < -0.4 is 10.6 Å². The van der Waals surface area contributed by atoms with Gasteiger partial charge in [0, 0.05) is 36.9 Å². The van der Waals surface area contributed by atoms with Crippen LogP contribution in [0.4, 0.5) is 11.8 Å². The molecule has 2 fully saturated rings. The zero-order valence-electron chi connectivity index (χ0n) is 16.8. The molecule has 10 heteroatoms. The van der Waals surface area contributed by atoms with Gasteiger partial charge in [-0.25, -0.2) is 27.7 Å². The summed E-state index contributed by atoms with van der Waals surface area (Å²) in [4.78, 5) is 13.5. The van der Waals surface area contributed by atoms with Crippen LogP contribution in [0.1, 0.15) is 39.0 Å². The standard InChI is InChI=1S/C19H28N6O3S/c1-19(26)8-3-4-15(19)23-17-16-13(5-9-20-17)12-21-18(24-16)22-14-6-10-25(11-7-14)29(2,27)28/h5,9,12,14-15,26H,3-4,6-8,10-11H2,1-2H3,(H,20,23)(H,21,22,24)/t15?,19-/m1/s1. The Bertz CT molecular complexity index is 989. The molecule has 1 unspecified atom stereocenters. The van der Waals surface area contributed by atoms with E-state index in [1.54, 1.807) is 12.4 Å². The van der Waals surface area contributed by atoms with Gasteiger partial charge in [0.25, 0.3) is 0 Å². The van der Waals surface area contributed by atoms with Gasteiger partial charge in [-0.3, -0.25) is 0 Å². The summed E-state index contributed by atoms with van der Waals surface area (Å²) in [6, 6.07) is 1.92. The van der Waals surface area contributed by atoms with Gasteiger partial charge in [0.1, 0.15) is 5.52 Å². The van der Waals surface area contributed by atoms with Crippen molar-refractivity contribution in [2.75, 3.05) is 30.0 Å². The normalized spacial score (nSPS) is 26.7. The average molecular weight is 421 g/mol. The zero-order valence-corrected chi connectivity index (χ0v) is 17.6. The maximum atomic E-state index is 11.7. The van der Waals surface area contributed by atoms with Crippen LogP contribution in [0, 0.1) is 0 Å². The molecular weight excluding hydrogens is 392 g/mol. The van der Waals surface area contributed by atoms with E-state index in [1.807, 2.05) is 13.0 Å². The summed E-state index contributed by atoms with van der Waals surface area (Å²) in [7, 11) is -3.14. The molecule has 0 radical (unpaired) electrons. The van der Waals surface area contributed by atoms with E-state index in [9.17, 15) is 13.5 Å². The van der Waals surface area contributed by atoms with Crippen LogP contribution in [0.5, 0.6) is 0 Å². The lowest BCUT2D eigenvalue weighted by atomic mass is 10.0. The van der Waals surface area contributed by atoms with Crippen LogP contribution >= 0.6 is 0 Å². The van der Waals surface area contributed by atoms with Crippen LogP contribution in [0.2, 0.25) is 0 Å². The van der Waals surface area contributed by atoms with Gasteiger partial charge in [0.2, 0.25) is 16.0 Å². The highest BCUT2D eigenvalue weighted by Gasteiger charge is 2.37. The summed E-state index contributed by atoms with van der Waals surface area (Å²) in [6.45, 7) is 2.85. The molecule has 158 valence electrons. The van der Waals surface area contributed by atoms with Gasteiger partial charge >= 0.3 is 0 Å². The number of piperidine rings is 1. The highest BCUT2D eigenvalue weighted by Crippen LogP contribution is 2.33. The van der Waals surface area contributed by atoms with E-state index in [4.69, 9.17) is 0 Å². The third-order valence-corrected chi connectivity index (χ3v) is 7.30. The SMILES string of the molecule is C[C@@]1(O)CCCC1Nc1nccc2cnc(NC3CCN(S(C)(=O)=O)CC3)nc12. The van der Waals surface area contributed by atoms with Crippen LogP contribution in [0.3, 0.4) is 0 Å². The van der Waals surface area contributed by atoms with Crippen molar-refractivity contribution in [3.63, 3.8) is 0 Å². The Hall–Kier alpha value is -2.04. The third-order valence-electron chi connectivity index (χ3n) is 5.99. The molecular formula is C19H28N6O3S.